The number of nitrogens with zero attached hydrogens (tertiary/aromatic N) is 1. The molecular formula is C21H23NO3. The summed E-state index contributed by atoms with van der Waals surface area (Å²) in [6.45, 7) is 6.33. The number of amides is 1. The van der Waals surface area contributed by atoms with Crippen LogP contribution in [0.4, 0.5) is 5.69 Å². The van der Waals surface area contributed by atoms with Crippen LogP contribution in [-0.2, 0) is 27.2 Å². The van der Waals surface area contributed by atoms with Crippen molar-refractivity contribution in [3.05, 3.63) is 64.7 Å². The second kappa shape index (κ2) is 7.09. The van der Waals surface area contributed by atoms with E-state index in [9.17, 15) is 9.59 Å². The van der Waals surface area contributed by atoms with E-state index >= 15 is 0 Å². The summed E-state index contributed by atoms with van der Waals surface area (Å²) >= 11 is 0. The Balaban J connectivity index is 1.62. The van der Waals surface area contributed by atoms with E-state index in [2.05, 4.69) is 0 Å². The predicted octanol–water partition coefficient (Wildman–Crippen LogP) is 3.37. The predicted molar refractivity (Wildman–Crippen MR) is 97.7 cm³/mol. The zero-order valence-corrected chi connectivity index (χ0v) is 14.9. The number of hydrogen-bond acceptors (Lipinski definition) is 3. The summed E-state index contributed by atoms with van der Waals surface area (Å²) < 4.78 is 5.38. The molecule has 0 fully saturated rings. The van der Waals surface area contributed by atoms with Crippen LogP contribution in [0.5, 0.6) is 0 Å². The fourth-order valence-corrected chi connectivity index (χ4v) is 3.16. The molecule has 0 spiro atoms. The van der Waals surface area contributed by atoms with Crippen LogP contribution >= 0.6 is 0 Å². The Hall–Kier alpha value is -2.62. The van der Waals surface area contributed by atoms with Gasteiger partial charge in [-0.2, -0.15) is 0 Å². The Kier molecular flexibility index (Phi) is 4.88. The van der Waals surface area contributed by atoms with E-state index in [-0.39, 0.29) is 18.3 Å². The van der Waals surface area contributed by atoms with Crippen molar-refractivity contribution in [3.63, 3.8) is 0 Å². The van der Waals surface area contributed by atoms with E-state index in [1.807, 2.05) is 56.3 Å². The second-order valence-electron chi connectivity index (χ2n) is 6.60. The quantitative estimate of drug-likeness (QED) is 0.804. The number of ether oxygens (including phenoxy) is 1. The molecule has 0 radical (unpaired) electrons. The van der Waals surface area contributed by atoms with Gasteiger partial charge in [0, 0.05) is 12.2 Å². The smallest absolute Gasteiger partial charge is 0.311 e. The lowest BCUT2D eigenvalue weighted by molar-refractivity contribution is -0.153. The average Bonchev–Trinajstić information content (AvgIpc) is 3.01. The Bertz CT molecular complexity index is 813. The Labute approximate surface area is 148 Å². The minimum Gasteiger partial charge on any atom is -0.452 e. The molecule has 4 heteroatoms. The first-order chi connectivity index (χ1) is 12.0. The van der Waals surface area contributed by atoms with Crippen LogP contribution in [0.3, 0.4) is 0 Å². The molecule has 0 aliphatic carbocycles. The minimum atomic E-state index is -0.787. The van der Waals surface area contributed by atoms with E-state index < -0.39 is 6.10 Å². The molecule has 0 saturated carbocycles. The van der Waals surface area contributed by atoms with Crippen molar-refractivity contribution in [1.82, 2.24) is 0 Å². The maximum Gasteiger partial charge on any atom is 0.311 e. The summed E-state index contributed by atoms with van der Waals surface area (Å²) in [5, 5.41) is 0. The number of esters is 1. The van der Waals surface area contributed by atoms with Gasteiger partial charge >= 0.3 is 5.97 Å². The lowest BCUT2D eigenvalue weighted by Gasteiger charge is -2.21. The standard InChI is InChI=1S/C21H23NO3/c1-14-8-9-17(12-15(14)2)13-20(23)25-16(3)21(24)22-11-10-18-6-4-5-7-19(18)22/h4-9,12,16H,10-11,13H2,1-3H3/t16-/m1/s1. The highest BCUT2D eigenvalue weighted by Gasteiger charge is 2.29. The molecule has 4 nitrogen and oxygen atoms in total. The lowest BCUT2D eigenvalue weighted by Crippen LogP contribution is -2.39. The van der Waals surface area contributed by atoms with Gasteiger partial charge in [0.1, 0.15) is 0 Å². The first-order valence-electron chi connectivity index (χ1n) is 8.60. The molecule has 1 amide bonds. The molecule has 25 heavy (non-hydrogen) atoms. The average molecular weight is 337 g/mol. The molecule has 0 bridgehead atoms. The van der Waals surface area contributed by atoms with Gasteiger partial charge in [-0.3, -0.25) is 9.59 Å². The molecule has 130 valence electrons. The highest BCUT2D eigenvalue weighted by molar-refractivity contribution is 5.99. The second-order valence-corrected chi connectivity index (χ2v) is 6.60. The van der Waals surface area contributed by atoms with Crippen molar-refractivity contribution in [1.29, 1.82) is 0 Å². The van der Waals surface area contributed by atoms with Crippen molar-refractivity contribution in [2.45, 2.75) is 39.7 Å². The molecule has 0 unspecified atom stereocenters. The number of anilines is 1. The van der Waals surface area contributed by atoms with Gasteiger partial charge in [0.2, 0.25) is 0 Å². The van der Waals surface area contributed by atoms with Crippen molar-refractivity contribution in [3.8, 4) is 0 Å². The monoisotopic (exact) mass is 337 g/mol. The lowest BCUT2D eigenvalue weighted by atomic mass is 10.0. The van der Waals surface area contributed by atoms with Crippen LogP contribution in [0.15, 0.2) is 42.5 Å². The molecule has 2 aromatic carbocycles. The number of rotatable bonds is 4. The summed E-state index contributed by atoms with van der Waals surface area (Å²) in [5.41, 5.74) is 5.31. The van der Waals surface area contributed by atoms with Crippen LogP contribution in [-0.4, -0.2) is 24.5 Å². The molecule has 1 atom stereocenters. The van der Waals surface area contributed by atoms with Gasteiger partial charge in [-0.15, -0.1) is 0 Å². The van der Waals surface area contributed by atoms with Crippen molar-refractivity contribution < 1.29 is 14.3 Å². The highest BCUT2D eigenvalue weighted by atomic mass is 16.5. The first kappa shape index (κ1) is 17.2. The third kappa shape index (κ3) is 3.73. The molecular weight excluding hydrogens is 314 g/mol. The van der Waals surface area contributed by atoms with Gasteiger partial charge in [-0.05, 0) is 55.5 Å². The van der Waals surface area contributed by atoms with Crippen LogP contribution < -0.4 is 4.90 Å². The normalized spacial score (nSPS) is 14.1. The van der Waals surface area contributed by atoms with Crippen molar-refractivity contribution in [2.24, 2.45) is 0 Å². The van der Waals surface area contributed by atoms with E-state index in [0.717, 1.165) is 28.8 Å². The summed E-state index contributed by atoms with van der Waals surface area (Å²) in [6.07, 6.45) is 0.228. The molecule has 0 N–H and O–H groups in total. The van der Waals surface area contributed by atoms with Crippen LogP contribution in [0.2, 0.25) is 0 Å². The molecule has 0 saturated heterocycles. The maximum absolute atomic E-state index is 12.6. The molecule has 2 aromatic rings. The molecule has 0 aromatic heterocycles. The Morgan fingerprint density at radius 2 is 1.88 bits per heavy atom. The number of carbonyl (C=O) groups is 2. The van der Waals surface area contributed by atoms with E-state index in [1.165, 1.54) is 5.56 Å². The fraction of sp³-hybridized carbons (Fsp3) is 0.333. The summed E-state index contributed by atoms with van der Waals surface area (Å²) in [4.78, 5) is 26.5. The van der Waals surface area contributed by atoms with Gasteiger partial charge in [0.15, 0.2) is 6.10 Å². The summed E-state index contributed by atoms with van der Waals surface area (Å²) in [5.74, 6) is -0.546. The van der Waals surface area contributed by atoms with E-state index in [4.69, 9.17) is 4.74 Å². The highest BCUT2D eigenvalue weighted by Crippen LogP contribution is 2.28. The number of carbonyl (C=O) groups excluding carboxylic acids is 2. The minimum absolute atomic E-state index is 0.168. The third-order valence-electron chi connectivity index (χ3n) is 4.73. The summed E-state index contributed by atoms with van der Waals surface area (Å²) in [7, 11) is 0. The van der Waals surface area contributed by atoms with Gasteiger partial charge in [0.25, 0.3) is 5.91 Å². The molecule has 3 rings (SSSR count). The number of para-hydroxylation sites is 1. The van der Waals surface area contributed by atoms with E-state index in [1.54, 1.807) is 11.8 Å². The van der Waals surface area contributed by atoms with Gasteiger partial charge in [-0.25, -0.2) is 0 Å². The largest absolute Gasteiger partial charge is 0.452 e. The number of aryl methyl sites for hydroxylation is 2. The number of benzene rings is 2. The first-order valence-corrected chi connectivity index (χ1v) is 8.60. The number of fused-ring (bicyclic) bond motifs is 1. The number of hydrogen-bond donors (Lipinski definition) is 0. The Morgan fingerprint density at radius 1 is 1.12 bits per heavy atom. The zero-order valence-electron chi connectivity index (χ0n) is 14.9. The topological polar surface area (TPSA) is 46.6 Å². The van der Waals surface area contributed by atoms with Gasteiger partial charge in [0.05, 0.1) is 6.42 Å². The van der Waals surface area contributed by atoms with Gasteiger partial charge in [-0.1, -0.05) is 36.4 Å². The van der Waals surface area contributed by atoms with Crippen LogP contribution in [0.1, 0.15) is 29.2 Å². The van der Waals surface area contributed by atoms with Crippen LogP contribution in [0, 0.1) is 13.8 Å². The SMILES string of the molecule is Cc1ccc(CC(=O)O[C@H](C)C(=O)N2CCc3ccccc32)cc1C. The van der Waals surface area contributed by atoms with Crippen molar-refractivity contribution in [2.75, 3.05) is 11.4 Å². The maximum atomic E-state index is 12.6. The van der Waals surface area contributed by atoms with Crippen molar-refractivity contribution >= 4 is 17.6 Å². The third-order valence-corrected chi connectivity index (χ3v) is 4.73. The zero-order chi connectivity index (χ0) is 18.0. The fourth-order valence-electron chi connectivity index (χ4n) is 3.16. The Morgan fingerprint density at radius 3 is 2.64 bits per heavy atom. The molecule has 1 aliphatic rings. The molecule has 1 heterocycles. The molecule has 1 aliphatic heterocycles. The van der Waals surface area contributed by atoms with Gasteiger partial charge < -0.3 is 9.64 Å². The summed E-state index contributed by atoms with van der Waals surface area (Å²) in [6, 6.07) is 13.8. The van der Waals surface area contributed by atoms with E-state index in [0.29, 0.717) is 6.54 Å². The van der Waals surface area contributed by atoms with Crippen LogP contribution in [0.25, 0.3) is 0 Å².